The lowest BCUT2D eigenvalue weighted by atomic mass is 9.75. The Kier molecular flexibility index (Phi) is 7.49. The number of amides is 2. The van der Waals surface area contributed by atoms with Crippen LogP contribution in [0, 0.1) is 12.3 Å². The van der Waals surface area contributed by atoms with Crippen LogP contribution in [0.4, 0.5) is 5.69 Å². The van der Waals surface area contributed by atoms with Gasteiger partial charge in [0.1, 0.15) is 17.8 Å². The van der Waals surface area contributed by atoms with Crippen LogP contribution in [0.3, 0.4) is 0 Å². The number of hydrogen-bond acceptors (Lipinski definition) is 6. The zero-order valence-electron chi connectivity index (χ0n) is 21.9. The van der Waals surface area contributed by atoms with Crippen LogP contribution in [0.25, 0.3) is 0 Å². The maximum atomic E-state index is 13.2. The summed E-state index contributed by atoms with van der Waals surface area (Å²) in [6.07, 6.45) is 5.03. The molecule has 0 aromatic carbocycles. The van der Waals surface area contributed by atoms with Crippen LogP contribution < -0.4 is 15.4 Å². The van der Waals surface area contributed by atoms with Crippen LogP contribution in [0.2, 0.25) is 0 Å². The van der Waals surface area contributed by atoms with Gasteiger partial charge in [0.15, 0.2) is 5.78 Å². The van der Waals surface area contributed by atoms with Gasteiger partial charge in [-0.15, -0.1) is 0 Å². The molecule has 9 nitrogen and oxygen atoms in total. The summed E-state index contributed by atoms with van der Waals surface area (Å²) in [5.74, 6) is -0.111. The van der Waals surface area contributed by atoms with Gasteiger partial charge in [-0.25, -0.2) is 4.98 Å². The number of nitrogens with one attached hydrogen (secondary N) is 3. The smallest absolute Gasteiger partial charge is 0.268 e. The van der Waals surface area contributed by atoms with Crippen molar-refractivity contribution in [2.45, 2.75) is 71.9 Å². The van der Waals surface area contributed by atoms with Crippen LogP contribution in [0.1, 0.15) is 78.6 Å². The lowest BCUT2D eigenvalue weighted by Crippen LogP contribution is -2.51. The number of ketones is 1. The van der Waals surface area contributed by atoms with Crippen LogP contribution >= 0.6 is 0 Å². The van der Waals surface area contributed by atoms with Crippen molar-refractivity contribution in [2.75, 3.05) is 25.5 Å². The summed E-state index contributed by atoms with van der Waals surface area (Å²) in [5, 5.41) is 5.75. The lowest BCUT2D eigenvalue weighted by molar-refractivity contribution is -0.118. The molecule has 3 heterocycles. The van der Waals surface area contributed by atoms with E-state index in [1.807, 2.05) is 27.8 Å². The van der Waals surface area contributed by atoms with E-state index >= 15 is 0 Å². The van der Waals surface area contributed by atoms with Gasteiger partial charge in [-0.2, -0.15) is 0 Å². The number of Topliss-reactive ketones (excluding diaryl/α,β-unsaturated/α-hetero) is 1. The number of nitrogens with zero attached hydrogens (tertiary/aromatic N) is 2. The van der Waals surface area contributed by atoms with E-state index < -0.39 is 6.04 Å². The van der Waals surface area contributed by atoms with Crippen LogP contribution in [-0.4, -0.2) is 64.7 Å². The Morgan fingerprint density at radius 3 is 2.67 bits per heavy atom. The van der Waals surface area contributed by atoms with Gasteiger partial charge in [-0.05, 0) is 43.9 Å². The molecule has 36 heavy (non-hydrogen) atoms. The lowest BCUT2D eigenvalue weighted by Gasteiger charge is -2.35. The number of likely N-dealkylation sites (tertiary alicyclic amines) is 1. The molecule has 0 saturated carbocycles. The Hall–Kier alpha value is -3.20. The van der Waals surface area contributed by atoms with Crippen molar-refractivity contribution in [1.29, 1.82) is 0 Å². The zero-order valence-corrected chi connectivity index (χ0v) is 21.9. The maximum absolute atomic E-state index is 13.2. The van der Waals surface area contributed by atoms with Gasteiger partial charge in [0, 0.05) is 36.8 Å². The van der Waals surface area contributed by atoms with Crippen molar-refractivity contribution >= 4 is 23.3 Å². The molecule has 2 aromatic rings. The summed E-state index contributed by atoms with van der Waals surface area (Å²) in [5.41, 5.74) is 2.81. The third-order valence-corrected chi connectivity index (χ3v) is 6.92. The topological polar surface area (TPSA) is 116 Å². The summed E-state index contributed by atoms with van der Waals surface area (Å²) in [7, 11) is 2.03. The van der Waals surface area contributed by atoms with Crippen molar-refractivity contribution in [1.82, 2.24) is 20.2 Å². The third kappa shape index (κ3) is 5.78. The van der Waals surface area contributed by atoms with Gasteiger partial charge in [-0.3, -0.25) is 19.3 Å². The average Bonchev–Trinajstić information content (AvgIpc) is 3.11. The van der Waals surface area contributed by atoms with E-state index in [1.165, 1.54) is 0 Å². The molecular weight excluding hydrogens is 458 g/mol. The quantitative estimate of drug-likeness (QED) is 0.490. The number of likely N-dealkylation sites (N-methyl/N-ethyl adjacent to an activating group) is 1. The average molecular weight is 496 g/mol. The first-order valence-corrected chi connectivity index (χ1v) is 12.7. The molecule has 194 valence electrons. The molecule has 2 amide bonds. The SMILES string of the molecule is CCCCC(NC(=O)c1[nH]c2c(c1C)C(=O)CC(C)(C)C2)C(=O)Nc1ccc(OC2CN(C)C2)nc1. The summed E-state index contributed by atoms with van der Waals surface area (Å²) in [4.78, 5) is 48.7. The number of H-pyrrole nitrogens is 1. The first kappa shape index (κ1) is 25.9. The molecule has 9 heteroatoms. The molecule has 0 bridgehead atoms. The van der Waals surface area contributed by atoms with E-state index in [-0.39, 0.29) is 29.1 Å². The summed E-state index contributed by atoms with van der Waals surface area (Å²) in [6.45, 7) is 9.67. The monoisotopic (exact) mass is 495 g/mol. The Morgan fingerprint density at radius 1 is 1.28 bits per heavy atom. The van der Waals surface area contributed by atoms with Crippen LogP contribution in [-0.2, 0) is 11.2 Å². The van der Waals surface area contributed by atoms with Crippen LogP contribution in [0.15, 0.2) is 18.3 Å². The predicted molar refractivity (Wildman–Crippen MR) is 138 cm³/mol. The van der Waals surface area contributed by atoms with E-state index in [4.69, 9.17) is 4.74 Å². The number of carbonyl (C=O) groups excluding carboxylic acids is 3. The molecule has 1 aliphatic carbocycles. The molecule has 1 atom stereocenters. The van der Waals surface area contributed by atoms with E-state index in [9.17, 15) is 14.4 Å². The Balaban J connectivity index is 1.43. The first-order valence-electron chi connectivity index (χ1n) is 12.7. The van der Waals surface area contributed by atoms with Gasteiger partial charge in [0.05, 0.1) is 11.9 Å². The molecule has 0 spiro atoms. The summed E-state index contributed by atoms with van der Waals surface area (Å²) >= 11 is 0. The van der Waals surface area contributed by atoms with E-state index in [0.717, 1.165) is 31.6 Å². The second-order valence-corrected chi connectivity index (χ2v) is 10.9. The number of pyridine rings is 1. The van der Waals surface area contributed by atoms with Crippen LogP contribution in [0.5, 0.6) is 5.88 Å². The number of anilines is 1. The van der Waals surface area contributed by atoms with E-state index in [1.54, 1.807) is 25.3 Å². The van der Waals surface area contributed by atoms with Gasteiger partial charge in [-0.1, -0.05) is 33.6 Å². The van der Waals surface area contributed by atoms with E-state index in [2.05, 4.69) is 25.5 Å². The van der Waals surface area contributed by atoms with Crippen molar-refractivity contribution in [3.63, 3.8) is 0 Å². The highest BCUT2D eigenvalue weighted by molar-refractivity contribution is 6.06. The number of unbranched alkanes of at least 4 members (excludes halogenated alkanes) is 1. The molecule has 3 N–H and O–H groups in total. The van der Waals surface area contributed by atoms with Gasteiger partial charge in [0.2, 0.25) is 11.8 Å². The highest BCUT2D eigenvalue weighted by Crippen LogP contribution is 2.36. The zero-order chi connectivity index (χ0) is 26.0. The minimum atomic E-state index is -0.717. The molecule has 1 saturated heterocycles. The number of aromatic amines is 1. The Morgan fingerprint density at radius 2 is 2.03 bits per heavy atom. The minimum Gasteiger partial charge on any atom is -0.472 e. The number of hydrogen-bond donors (Lipinski definition) is 3. The first-order chi connectivity index (χ1) is 17.1. The minimum absolute atomic E-state index is 0.0542. The fourth-order valence-electron chi connectivity index (χ4n) is 5.01. The molecular formula is C27H37N5O4. The normalized spacial score (nSPS) is 18.2. The Bertz CT molecular complexity index is 1130. The molecule has 2 aliphatic rings. The largest absolute Gasteiger partial charge is 0.472 e. The number of fused-ring (bicyclic) bond motifs is 1. The molecule has 1 unspecified atom stereocenters. The van der Waals surface area contributed by atoms with Crippen molar-refractivity contribution in [3.05, 3.63) is 40.8 Å². The molecule has 1 fully saturated rings. The van der Waals surface area contributed by atoms with Gasteiger partial charge < -0.3 is 20.4 Å². The molecule has 1 aliphatic heterocycles. The molecule has 2 aromatic heterocycles. The number of ether oxygens (including phenoxy) is 1. The number of carbonyl (C=O) groups is 3. The van der Waals surface area contributed by atoms with Crippen molar-refractivity contribution in [3.8, 4) is 5.88 Å². The maximum Gasteiger partial charge on any atom is 0.268 e. The number of rotatable bonds is 9. The van der Waals surface area contributed by atoms with E-state index in [0.29, 0.717) is 47.7 Å². The Labute approximate surface area is 212 Å². The predicted octanol–water partition coefficient (Wildman–Crippen LogP) is 3.49. The molecule has 0 radical (unpaired) electrons. The van der Waals surface area contributed by atoms with Crippen molar-refractivity contribution in [2.24, 2.45) is 5.41 Å². The highest BCUT2D eigenvalue weighted by Gasteiger charge is 2.35. The van der Waals surface area contributed by atoms with Crippen molar-refractivity contribution < 1.29 is 19.1 Å². The standard InChI is InChI=1S/C27H37N5O4/c1-6-7-8-19(25(34)29-17-9-10-22(28-13-17)36-18-14-32(5)15-18)31-26(35)24-16(2)23-20(30-24)11-27(3,4)12-21(23)33/h9-10,13,18-19,30H,6-8,11-12,14-15H2,1-5H3,(H,29,34)(H,31,35). The highest BCUT2D eigenvalue weighted by atomic mass is 16.5. The third-order valence-electron chi connectivity index (χ3n) is 6.92. The second-order valence-electron chi connectivity index (χ2n) is 10.9. The second kappa shape index (κ2) is 10.4. The fourth-order valence-corrected chi connectivity index (χ4v) is 5.01. The summed E-state index contributed by atoms with van der Waals surface area (Å²) < 4.78 is 5.80. The fraction of sp³-hybridized carbons (Fsp3) is 0.556. The summed E-state index contributed by atoms with van der Waals surface area (Å²) in [6, 6.07) is 2.77. The van der Waals surface area contributed by atoms with Gasteiger partial charge in [0.25, 0.3) is 5.91 Å². The number of aromatic nitrogens is 2. The van der Waals surface area contributed by atoms with Gasteiger partial charge >= 0.3 is 0 Å². The molecule has 4 rings (SSSR count).